The molecule has 2 fully saturated rings. The number of amides is 2. The van der Waals surface area contributed by atoms with E-state index in [1.807, 2.05) is 35.2 Å². The van der Waals surface area contributed by atoms with Crippen LogP contribution in [-0.2, 0) is 4.84 Å². The fraction of sp³-hybridized carbons (Fsp3) is 0.533. The number of likely N-dealkylation sites (tertiary alicyclic amines) is 1. The van der Waals surface area contributed by atoms with Gasteiger partial charge in [-0.25, -0.2) is 9.63 Å². The van der Waals surface area contributed by atoms with Crippen LogP contribution in [0.3, 0.4) is 0 Å². The minimum Gasteiger partial charge on any atom is -0.320 e. The number of nitrogens with zero attached hydrogens (tertiary/aromatic N) is 2. The predicted molar refractivity (Wildman–Crippen MR) is 72.1 cm³/mol. The fourth-order valence-corrected chi connectivity index (χ4v) is 2.84. The zero-order chi connectivity index (χ0) is 13.2. The van der Waals surface area contributed by atoms with Gasteiger partial charge in [-0.3, -0.25) is 0 Å². The normalized spacial score (nSPS) is 26.4. The molecule has 102 valence electrons. The molecule has 0 aliphatic carbocycles. The van der Waals surface area contributed by atoms with Gasteiger partial charge in [0.25, 0.3) is 0 Å². The first-order valence-corrected chi connectivity index (χ1v) is 7.13. The second-order valence-corrected chi connectivity index (χ2v) is 5.23. The largest absolute Gasteiger partial charge is 0.347 e. The lowest BCUT2D eigenvalue weighted by Crippen LogP contribution is -2.45. The molecule has 2 aliphatic heterocycles. The molecular formula is C15H20N2O2. The van der Waals surface area contributed by atoms with Gasteiger partial charge in [0.15, 0.2) is 0 Å². The Morgan fingerprint density at radius 3 is 2.84 bits per heavy atom. The molecule has 2 heterocycles. The van der Waals surface area contributed by atoms with Gasteiger partial charge in [-0.05, 0) is 25.7 Å². The molecule has 2 atom stereocenters. The van der Waals surface area contributed by atoms with Crippen molar-refractivity contribution in [1.29, 1.82) is 0 Å². The van der Waals surface area contributed by atoms with Crippen molar-refractivity contribution in [2.75, 3.05) is 6.54 Å². The zero-order valence-corrected chi connectivity index (χ0v) is 11.3. The van der Waals surface area contributed by atoms with Gasteiger partial charge in [0.2, 0.25) is 6.23 Å². The first-order valence-electron chi connectivity index (χ1n) is 7.13. The summed E-state index contributed by atoms with van der Waals surface area (Å²) in [5, 5.41) is 1.50. The van der Waals surface area contributed by atoms with E-state index in [0.29, 0.717) is 6.04 Å². The monoisotopic (exact) mass is 260 g/mol. The highest BCUT2D eigenvalue weighted by Gasteiger charge is 2.46. The number of hydrogen-bond donors (Lipinski definition) is 0. The van der Waals surface area contributed by atoms with Gasteiger partial charge < -0.3 is 4.90 Å². The summed E-state index contributed by atoms with van der Waals surface area (Å²) in [7, 11) is 0. The van der Waals surface area contributed by atoms with Gasteiger partial charge in [-0.2, -0.15) is 5.06 Å². The average molecular weight is 260 g/mol. The maximum Gasteiger partial charge on any atom is 0.347 e. The highest BCUT2D eigenvalue weighted by atomic mass is 16.8. The Labute approximate surface area is 113 Å². The van der Waals surface area contributed by atoms with Crippen LogP contribution in [0.2, 0.25) is 0 Å². The Morgan fingerprint density at radius 1 is 1.32 bits per heavy atom. The van der Waals surface area contributed by atoms with Crippen molar-refractivity contribution in [3.8, 4) is 0 Å². The van der Waals surface area contributed by atoms with E-state index in [0.717, 1.165) is 31.4 Å². The van der Waals surface area contributed by atoms with Gasteiger partial charge in [0.1, 0.15) is 0 Å². The van der Waals surface area contributed by atoms with Crippen molar-refractivity contribution >= 4 is 6.03 Å². The Morgan fingerprint density at radius 2 is 2.11 bits per heavy atom. The molecule has 2 saturated heterocycles. The smallest absolute Gasteiger partial charge is 0.320 e. The minimum atomic E-state index is -0.187. The lowest BCUT2D eigenvalue weighted by atomic mass is 10.0. The number of carbonyl (C=O) groups excluding carboxylic acids is 1. The van der Waals surface area contributed by atoms with E-state index in [9.17, 15) is 4.79 Å². The molecular weight excluding hydrogens is 240 g/mol. The van der Waals surface area contributed by atoms with Crippen LogP contribution in [0.4, 0.5) is 4.79 Å². The van der Waals surface area contributed by atoms with Crippen molar-refractivity contribution in [2.45, 2.75) is 44.9 Å². The number of urea groups is 1. The summed E-state index contributed by atoms with van der Waals surface area (Å²) in [6, 6.07) is 10.3. The minimum absolute atomic E-state index is 0.0282. The first-order chi connectivity index (χ1) is 9.31. The van der Waals surface area contributed by atoms with E-state index in [1.54, 1.807) is 0 Å². The third kappa shape index (κ3) is 2.45. The summed E-state index contributed by atoms with van der Waals surface area (Å²) >= 11 is 0. The standard InChI is InChI=1S/C15H20N2O2/c1-2-13-10-6-7-11-16(13)15(18)17-14(19-17)12-8-4-3-5-9-12/h3-5,8-9,13-14H,2,6-7,10-11H2,1H3. The molecule has 1 aromatic carbocycles. The summed E-state index contributed by atoms with van der Waals surface area (Å²) in [5.41, 5.74) is 1.04. The lowest BCUT2D eigenvalue weighted by Gasteiger charge is -2.34. The molecule has 2 aliphatic rings. The Balaban J connectivity index is 1.66. The molecule has 19 heavy (non-hydrogen) atoms. The quantitative estimate of drug-likeness (QED) is 0.765. The van der Waals surface area contributed by atoms with Crippen LogP contribution >= 0.6 is 0 Å². The number of benzene rings is 1. The molecule has 2 amide bonds. The van der Waals surface area contributed by atoms with Crippen molar-refractivity contribution < 1.29 is 9.63 Å². The van der Waals surface area contributed by atoms with Crippen LogP contribution in [0.15, 0.2) is 30.3 Å². The number of hydroxylamine groups is 2. The van der Waals surface area contributed by atoms with Crippen molar-refractivity contribution in [2.24, 2.45) is 0 Å². The highest BCUT2D eigenvalue weighted by molar-refractivity contribution is 5.75. The van der Waals surface area contributed by atoms with Gasteiger partial charge in [0, 0.05) is 18.2 Å². The van der Waals surface area contributed by atoms with Crippen LogP contribution < -0.4 is 0 Å². The zero-order valence-electron chi connectivity index (χ0n) is 11.3. The SMILES string of the molecule is CCC1CCCCN1C(=O)N1OC1c1ccccc1. The van der Waals surface area contributed by atoms with E-state index < -0.39 is 0 Å². The van der Waals surface area contributed by atoms with Gasteiger partial charge >= 0.3 is 6.03 Å². The van der Waals surface area contributed by atoms with Crippen LogP contribution in [0, 0.1) is 0 Å². The molecule has 0 aromatic heterocycles. The van der Waals surface area contributed by atoms with Crippen LogP contribution in [-0.4, -0.2) is 28.6 Å². The Kier molecular flexibility index (Phi) is 3.42. The lowest BCUT2D eigenvalue weighted by molar-refractivity contribution is 0.104. The molecule has 0 spiro atoms. The number of rotatable bonds is 2. The maximum absolute atomic E-state index is 12.4. The summed E-state index contributed by atoms with van der Waals surface area (Å²) in [6.45, 7) is 3.01. The Hall–Kier alpha value is -1.55. The summed E-state index contributed by atoms with van der Waals surface area (Å²) in [4.78, 5) is 19.9. The second kappa shape index (κ2) is 5.21. The molecule has 4 heteroatoms. The van der Waals surface area contributed by atoms with E-state index in [-0.39, 0.29) is 12.3 Å². The van der Waals surface area contributed by atoms with Crippen molar-refractivity contribution in [1.82, 2.24) is 9.96 Å². The summed E-state index contributed by atoms with van der Waals surface area (Å²) < 4.78 is 0. The summed E-state index contributed by atoms with van der Waals surface area (Å²) in [5.74, 6) is 0. The van der Waals surface area contributed by atoms with E-state index in [1.165, 1.54) is 11.5 Å². The van der Waals surface area contributed by atoms with Gasteiger partial charge in [0.05, 0.1) is 0 Å². The molecule has 0 N–H and O–H groups in total. The number of hydrogen-bond acceptors (Lipinski definition) is 2. The molecule has 0 bridgehead atoms. The highest BCUT2D eigenvalue weighted by Crippen LogP contribution is 2.38. The third-order valence-corrected chi connectivity index (χ3v) is 4.00. The van der Waals surface area contributed by atoms with Gasteiger partial charge in [-0.1, -0.05) is 37.3 Å². The van der Waals surface area contributed by atoms with Crippen molar-refractivity contribution in [3.05, 3.63) is 35.9 Å². The van der Waals surface area contributed by atoms with Crippen LogP contribution in [0.5, 0.6) is 0 Å². The maximum atomic E-state index is 12.4. The van der Waals surface area contributed by atoms with E-state index >= 15 is 0 Å². The average Bonchev–Trinajstić information content (AvgIpc) is 3.28. The van der Waals surface area contributed by atoms with E-state index in [2.05, 4.69) is 6.92 Å². The molecule has 4 nitrogen and oxygen atoms in total. The summed E-state index contributed by atoms with van der Waals surface area (Å²) in [6.07, 6.45) is 4.28. The van der Waals surface area contributed by atoms with Crippen LogP contribution in [0.25, 0.3) is 0 Å². The van der Waals surface area contributed by atoms with Gasteiger partial charge in [-0.15, -0.1) is 0 Å². The predicted octanol–water partition coefficient (Wildman–Crippen LogP) is 3.32. The fourth-order valence-electron chi connectivity index (χ4n) is 2.84. The molecule has 0 radical (unpaired) electrons. The first kappa shape index (κ1) is 12.5. The Bertz CT molecular complexity index is 449. The number of carbonyl (C=O) groups is 1. The second-order valence-electron chi connectivity index (χ2n) is 5.23. The molecule has 2 unspecified atom stereocenters. The molecule has 0 saturated carbocycles. The number of piperidine rings is 1. The molecule has 1 aromatic rings. The topological polar surface area (TPSA) is 35.9 Å². The van der Waals surface area contributed by atoms with Crippen LogP contribution in [0.1, 0.15) is 44.4 Å². The van der Waals surface area contributed by atoms with E-state index in [4.69, 9.17) is 4.84 Å². The third-order valence-electron chi connectivity index (χ3n) is 4.00. The van der Waals surface area contributed by atoms with Crippen molar-refractivity contribution in [3.63, 3.8) is 0 Å². The molecule has 3 rings (SSSR count).